The van der Waals surface area contributed by atoms with Crippen molar-refractivity contribution in [2.45, 2.75) is 58.4 Å². The molecule has 0 aliphatic carbocycles. The van der Waals surface area contributed by atoms with Gasteiger partial charge >= 0.3 is 12.1 Å². The smallest absolute Gasteiger partial charge is 0.391 e. The second kappa shape index (κ2) is 6.51. The number of aromatic nitrogens is 2. The number of likely N-dealkylation sites (tertiary alicyclic amines) is 1. The van der Waals surface area contributed by atoms with E-state index in [2.05, 4.69) is 5.10 Å². The lowest BCUT2D eigenvalue weighted by Crippen LogP contribution is -2.49. The number of carbonyl (C=O) groups is 1. The van der Waals surface area contributed by atoms with Gasteiger partial charge in [-0.3, -0.25) is 14.4 Å². The van der Waals surface area contributed by atoms with Gasteiger partial charge in [0.25, 0.3) is 0 Å². The number of aryl methyl sites for hydroxylation is 1. The predicted octanol–water partition coefficient (Wildman–Crippen LogP) is 3.00. The zero-order valence-corrected chi connectivity index (χ0v) is 13.5. The minimum atomic E-state index is -4.34. The summed E-state index contributed by atoms with van der Waals surface area (Å²) in [4.78, 5) is 13.0. The van der Waals surface area contributed by atoms with Crippen LogP contribution >= 0.6 is 0 Å². The van der Waals surface area contributed by atoms with Crippen molar-refractivity contribution in [3.8, 4) is 0 Å². The highest BCUT2D eigenvalue weighted by Gasteiger charge is 2.46. The van der Waals surface area contributed by atoms with Gasteiger partial charge < -0.3 is 5.11 Å². The van der Waals surface area contributed by atoms with E-state index in [0.29, 0.717) is 6.54 Å². The van der Waals surface area contributed by atoms with Crippen molar-refractivity contribution in [1.82, 2.24) is 14.7 Å². The van der Waals surface area contributed by atoms with Crippen molar-refractivity contribution in [3.05, 3.63) is 17.5 Å². The summed E-state index contributed by atoms with van der Waals surface area (Å²) in [6, 6.07) is -0.939. The molecule has 130 valence electrons. The van der Waals surface area contributed by atoms with E-state index in [1.807, 2.05) is 27.0 Å². The van der Waals surface area contributed by atoms with Crippen LogP contribution < -0.4 is 0 Å². The Hall–Kier alpha value is -1.57. The third-order valence-corrected chi connectivity index (χ3v) is 4.38. The van der Waals surface area contributed by atoms with Crippen LogP contribution in [0.15, 0.2) is 6.20 Å². The van der Waals surface area contributed by atoms with Crippen LogP contribution in [0.5, 0.6) is 0 Å². The molecule has 2 atom stereocenters. The Morgan fingerprint density at radius 1 is 1.48 bits per heavy atom. The fraction of sp³-hybridized carbons (Fsp3) is 0.733. The van der Waals surface area contributed by atoms with Crippen molar-refractivity contribution < 1.29 is 23.1 Å². The van der Waals surface area contributed by atoms with Crippen molar-refractivity contribution >= 4 is 5.97 Å². The van der Waals surface area contributed by atoms with E-state index in [-0.39, 0.29) is 19.0 Å². The Balaban J connectivity index is 2.14. The van der Waals surface area contributed by atoms with Gasteiger partial charge in [-0.15, -0.1) is 0 Å². The molecule has 0 radical (unpaired) electrons. The second-order valence-corrected chi connectivity index (χ2v) is 6.40. The standard InChI is InChI=1S/C15H22F3N3O2/c1-9(2)21-8-11(10(3)19-21)7-20-5-4-12(15(16,17)18)6-13(20)14(22)23/h8-9,12-13H,4-7H2,1-3H3,(H,22,23). The number of alkyl halides is 3. The molecule has 1 fully saturated rings. The number of hydrogen-bond donors (Lipinski definition) is 1. The van der Waals surface area contributed by atoms with E-state index in [1.165, 1.54) is 0 Å². The highest BCUT2D eigenvalue weighted by molar-refractivity contribution is 5.73. The first kappa shape index (κ1) is 17.8. The number of hydrogen-bond acceptors (Lipinski definition) is 3. The van der Waals surface area contributed by atoms with Gasteiger partial charge in [-0.1, -0.05) is 0 Å². The number of nitrogens with zero attached hydrogens (tertiary/aromatic N) is 3. The lowest BCUT2D eigenvalue weighted by atomic mass is 9.90. The van der Waals surface area contributed by atoms with E-state index < -0.39 is 30.5 Å². The summed E-state index contributed by atoms with van der Waals surface area (Å²) in [6.45, 7) is 6.20. The topological polar surface area (TPSA) is 58.4 Å². The maximum absolute atomic E-state index is 12.9. The first-order valence-electron chi connectivity index (χ1n) is 7.67. The van der Waals surface area contributed by atoms with Crippen LogP contribution in [0.4, 0.5) is 13.2 Å². The zero-order valence-electron chi connectivity index (χ0n) is 13.5. The lowest BCUT2D eigenvalue weighted by Gasteiger charge is -2.37. The maximum Gasteiger partial charge on any atom is 0.391 e. The summed E-state index contributed by atoms with van der Waals surface area (Å²) in [5, 5.41) is 13.7. The summed E-state index contributed by atoms with van der Waals surface area (Å²) in [5.41, 5.74) is 1.64. The van der Waals surface area contributed by atoms with Gasteiger partial charge in [0.05, 0.1) is 11.6 Å². The van der Waals surface area contributed by atoms with Gasteiger partial charge in [-0.25, -0.2) is 0 Å². The normalized spacial score (nSPS) is 23.4. The van der Waals surface area contributed by atoms with Crippen molar-refractivity contribution in [3.63, 3.8) is 0 Å². The van der Waals surface area contributed by atoms with Crippen LogP contribution in [0.2, 0.25) is 0 Å². The van der Waals surface area contributed by atoms with E-state index >= 15 is 0 Å². The molecule has 1 aromatic rings. The van der Waals surface area contributed by atoms with Crippen LogP contribution in [0.1, 0.15) is 44.0 Å². The monoisotopic (exact) mass is 333 g/mol. The fourth-order valence-corrected chi connectivity index (χ4v) is 2.92. The molecule has 2 rings (SSSR count). The minimum Gasteiger partial charge on any atom is -0.480 e. The molecule has 0 saturated carbocycles. The molecule has 0 aromatic carbocycles. The average molecular weight is 333 g/mol. The van der Waals surface area contributed by atoms with Crippen molar-refractivity contribution in [1.29, 1.82) is 0 Å². The third kappa shape index (κ3) is 4.04. The predicted molar refractivity (Wildman–Crippen MR) is 78.0 cm³/mol. The highest BCUT2D eigenvalue weighted by Crippen LogP contribution is 2.37. The van der Waals surface area contributed by atoms with E-state index in [1.54, 1.807) is 9.58 Å². The molecule has 2 heterocycles. The Bertz CT molecular complexity index is 569. The molecule has 0 spiro atoms. The molecular formula is C15H22F3N3O2. The number of piperidine rings is 1. The number of carboxylic acid groups (broad SMARTS) is 1. The molecule has 5 nitrogen and oxygen atoms in total. The molecule has 8 heteroatoms. The van der Waals surface area contributed by atoms with Gasteiger partial charge in [-0.2, -0.15) is 18.3 Å². The fourth-order valence-electron chi connectivity index (χ4n) is 2.92. The van der Waals surface area contributed by atoms with E-state index in [0.717, 1.165) is 11.3 Å². The summed E-state index contributed by atoms with van der Waals surface area (Å²) in [5.74, 6) is -2.74. The summed E-state index contributed by atoms with van der Waals surface area (Å²) < 4.78 is 40.4. The zero-order chi connectivity index (χ0) is 17.4. The molecule has 0 bridgehead atoms. The van der Waals surface area contributed by atoms with E-state index in [4.69, 9.17) is 0 Å². The number of halogens is 3. The van der Waals surface area contributed by atoms with Crippen molar-refractivity contribution in [2.24, 2.45) is 5.92 Å². The molecule has 0 amide bonds. The van der Waals surface area contributed by atoms with Gasteiger partial charge in [0, 0.05) is 24.3 Å². The van der Waals surface area contributed by atoms with Gasteiger partial charge in [0.1, 0.15) is 6.04 Å². The molecule has 1 aromatic heterocycles. The number of aliphatic carboxylic acids is 1. The van der Waals surface area contributed by atoms with Crippen LogP contribution in [-0.2, 0) is 11.3 Å². The Morgan fingerprint density at radius 2 is 2.13 bits per heavy atom. The van der Waals surface area contributed by atoms with Crippen LogP contribution in [0.25, 0.3) is 0 Å². The Kier molecular flexibility index (Phi) is 5.03. The molecular weight excluding hydrogens is 311 g/mol. The quantitative estimate of drug-likeness (QED) is 0.920. The van der Waals surface area contributed by atoms with Crippen LogP contribution in [0, 0.1) is 12.8 Å². The Morgan fingerprint density at radius 3 is 2.61 bits per heavy atom. The molecule has 1 N–H and O–H groups in total. The van der Waals surface area contributed by atoms with E-state index in [9.17, 15) is 23.1 Å². The van der Waals surface area contributed by atoms with Crippen LogP contribution in [-0.4, -0.2) is 44.5 Å². The van der Waals surface area contributed by atoms with Gasteiger partial charge in [0.2, 0.25) is 0 Å². The summed E-state index contributed by atoms with van der Waals surface area (Å²) in [6.07, 6.45) is -2.95. The number of carboxylic acids is 1. The SMILES string of the molecule is Cc1nn(C(C)C)cc1CN1CCC(C(F)(F)F)CC1C(=O)O. The lowest BCUT2D eigenvalue weighted by molar-refractivity contribution is -0.193. The molecule has 1 aliphatic rings. The summed E-state index contributed by atoms with van der Waals surface area (Å²) >= 11 is 0. The van der Waals surface area contributed by atoms with Gasteiger partial charge in [0.15, 0.2) is 0 Å². The average Bonchev–Trinajstić information content (AvgIpc) is 2.79. The van der Waals surface area contributed by atoms with Crippen LogP contribution in [0.3, 0.4) is 0 Å². The molecule has 1 aliphatic heterocycles. The molecule has 2 unspecified atom stereocenters. The van der Waals surface area contributed by atoms with Gasteiger partial charge in [-0.05, 0) is 40.2 Å². The largest absolute Gasteiger partial charge is 0.480 e. The molecule has 1 saturated heterocycles. The first-order valence-corrected chi connectivity index (χ1v) is 7.67. The first-order chi connectivity index (χ1) is 10.6. The third-order valence-electron chi connectivity index (χ3n) is 4.38. The summed E-state index contributed by atoms with van der Waals surface area (Å²) in [7, 11) is 0. The minimum absolute atomic E-state index is 0.0648. The Labute approximate surface area is 133 Å². The maximum atomic E-state index is 12.9. The highest BCUT2D eigenvalue weighted by atomic mass is 19.4. The van der Waals surface area contributed by atoms with Crippen molar-refractivity contribution in [2.75, 3.05) is 6.54 Å². The second-order valence-electron chi connectivity index (χ2n) is 6.40. The number of rotatable bonds is 4. The molecule has 23 heavy (non-hydrogen) atoms.